The molecule has 0 amide bonds. The Balaban J connectivity index is 2.63. The molecule has 0 aliphatic carbocycles. The normalized spacial score (nSPS) is 15.4. The minimum absolute atomic E-state index is 0.871. The Morgan fingerprint density at radius 3 is 3.40 bits per heavy atom. The second-order valence-corrected chi connectivity index (χ2v) is 1.98. The standard InChI is InChI=1S/C8H10N2/c1-2-4-8-5-3-6-9-10-7-8/h2-3,5-7,9H,1,4H2. The zero-order valence-electron chi connectivity index (χ0n) is 5.75. The lowest BCUT2D eigenvalue weighted by atomic mass is 10.2. The quantitative estimate of drug-likeness (QED) is 0.570. The van der Waals surface area contributed by atoms with E-state index in [4.69, 9.17) is 0 Å². The highest BCUT2D eigenvalue weighted by Crippen LogP contribution is 2.00. The Bertz CT molecular complexity index is 199. The summed E-state index contributed by atoms with van der Waals surface area (Å²) in [7, 11) is 0. The predicted molar refractivity (Wildman–Crippen MR) is 43.7 cm³/mol. The van der Waals surface area contributed by atoms with E-state index >= 15 is 0 Å². The number of nitrogens with zero attached hydrogens (tertiary/aromatic N) is 1. The maximum Gasteiger partial charge on any atom is 0.0507 e. The van der Waals surface area contributed by atoms with Crippen molar-refractivity contribution in [3.05, 3.63) is 36.6 Å². The molecule has 0 aromatic heterocycles. The molecule has 1 heterocycles. The Morgan fingerprint density at radius 1 is 1.70 bits per heavy atom. The van der Waals surface area contributed by atoms with E-state index in [9.17, 15) is 0 Å². The summed E-state index contributed by atoms with van der Waals surface area (Å²) in [5.41, 5.74) is 3.90. The van der Waals surface area contributed by atoms with Gasteiger partial charge in [-0.1, -0.05) is 12.2 Å². The summed E-state index contributed by atoms with van der Waals surface area (Å²) in [6.45, 7) is 3.64. The van der Waals surface area contributed by atoms with Crippen LogP contribution < -0.4 is 5.43 Å². The van der Waals surface area contributed by atoms with Gasteiger partial charge in [0.1, 0.15) is 0 Å². The van der Waals surface area contributed by atoms with Crippen LogP contribution in [0.15, 0.2) is 41.7 Å². The number of hydrazone groups is 1. The van der Waals surface area contributed by atoms with Crippen molar-refractivity contribution < 1.29 is 0 Å². The van der Waals surface area contributed by atoms with E-state index in [0.29, 0.717) is 0 Å². The molecular weight excluding hydrogens is 124 g/mol. The summed E-state index contributed by atoms with van der Waals surface area (Å²) in [6, 6.07) is 0. The zero-order chi connectivity index (χ0) is 7.23. The second kappa shape index (κ2) is 3.67. The fourth-order valence-corrected chi connectivity index (χ4v) is 0.708. The molecule has 1 aliphatic rings. The zero-order valence-corrected chi connectivity index (χ0v) is 5.75. The maximum atomic E-state index is 3.89. The Kier molecular flexibility index (Phi) is 2.49. The number of hydrogen-bond acceptors (Lipinski definition) is 2. The van der Waals surface area contributed by atoms with E-state index in [2.05, 4.69) is 17.1 Å². The highest BCUT2D eigenvalue weighted by Gasteiger charge is 1.88. The van der Waals surface area contributed by atoms with E-state index in [1.165, 1.54) is 0 Å². The Hall–Kier alpha value is -1.31. The third kappa shape index (κ3) is 1.90. The lowest BCUT2D eigenvalue weighted by Gasteiger charge is -1.90. The van der Waals surface area contributed by atoms with Gasteiger partial charge in [-0.05, 0) is 18.1 Å². The van der Waals surface area contributed by atoms with Crippen molar-refractivity contribution in [1.29, 1.82) is 0 Å². The first kappa shape index (κ1) is 6.81. The molecule has 1 rings (SSSR count). The van der Waals surface area contributed by atoms with E-state index in [0.717, 1.165) is 12.0 Å². The van der Waals surface area contributed by atoms with E-state index in [1.807, 2.05) is 18.2 Å². The number of allylic oxidation sites excluding steroid dienone is 4. The SMILES string of the molecule is C=CCC1=CC=CNN=C1. The van der Waals surface area contributed by atoms with Gasteiger partial charge in [-0.25, -0.2) is 0 Å². The molecule has 0 unspecified atom stereocenters. The van der Waals surface area contributed by atoms with Crippen molar-refractivity contribution in [1.82, 2.24) is 5.43 Å². The van der Waals surface area contributed by atoms with Crippen molar-refractivity contribution >= 4 is 6.21 Å². The lowest BCUT2D eigenvalue weighted by molar-refractivity contribution is 0.978. The Labute approximate surface area is 60.6 Å². The molecule has 0 atom stereocenters. The van der Waals surface area contributed by atoms with Gasteiger partial charge < -0.3 is 0 Å². The summed E-state index contributed by atoms with van der Waals surface area (Å²) in [4.78, 5) is 0. The van der Waals surface area contributed by atoms with Crippen molar-refractivity contribution in [3.63, 3.8) is 0 Å². The molecule has 0 fully saturated rings. The summed E-state index contributed by atoms with van der Waals surface area (Å²) in [5, 5.41) is 3.89. The second-order valence-electron chi connectivity index (χ2n) is 1.98. The average Bonchev–Trinajstić information content (AvgIpc) is 2.17. The number of nitrogens with one attached hydrogen (secondary N) is 1. The van der Waals surface area contributed by atoms with Crippen LogP contribution in [0.2, 0.25) is 0 Å². The van der Waals surface area contributed by atoms with E-state index < -0.39 is 0 Å². The topological polar surface area (TPSA) is 24.4 Å². The van der Waals surface area contributed by atoms with Crippen LogP contribution in [-0.4, -0.2) is 6.21 Å². The molecule has 0 radical (unpaired) electrons. The fourth-order valence-electron chi connectivity index (χ4n) is 0.708. The molecule has 0 aromatic rings. The predicted octanol–water partition coefficient (Wildman–Crippen LogP) is 1.59. The van der Waals surface area contributed by atoms with Gasteiger partial charge in [0.05, 0.1) is 6.21 Å². The summed E-state index contributed by atoms with van der Waals surface area (Å²) in [6.07, 6.45) is 10.2. The first-order valence-corrected chi connectivity index (χ1v) is 3.18. The van der Waals surface area contributed by atoms with Crippen LogP contribution in [0.5, 0.6) is 0 Å². The highest BCUT2D eigenvalue weighted by molar-refractivity contribution is 5.79. The summed E-state index contributed by atoms with van der Waals surface area (Å²) in [5.74, 6) is 0. The number of hydrogen-bond donors (Lipinski definition) is 1. The minimum atomic E-state index is 0.871. The third-order valence-electron chi connectivity index (χ3n) is 1.17. The minimum Gasteiger partial charge on any atom is -0.286 e. The Morgan fingerprint density at radius 2 is 2.60 bits per heavy atom. The smallest absolute Gasteiger partial charge is 0.0507 e. The monoisotopic (exact) mass is 134 g/mol. The molecule has 0 saturated carbocycles. The third-order valence-corrected chi connectivity index (χ3v) is 1.17. The molecule has 10 heavy (non-hydrogen) atoms. The van der Waals surface area contributed by atoms with Crippen LogP contribution in [0, 0.1) is 0 Å². The van der Waals surface area contributed by atoms with Gasteiger partial charge in [0.2, 0.25) is 0 Å². The van der Waals surface area contributed by atoms with Crippen LogP contribution >= 0.6 is 0 Å². The van der Waals surface area contributed by atoms with Gasteiger partial charge in [-0.2, -0.15) is 5.10 Å². The molecule has 2 heteroatoms. The van der Waals surface area contributed by atoms with Gasteiger partial charge >= 0.3 is 0 Å². The lowest BCUT2D eigenvalue weighted by Crippen LogP contribution is -1.91. The van der Waals surface area contributed by atoms with Gasteiger partial charge in [0.15, 0.2) is 0 Å². The van der Waals surface area contributed by atoms with Gasteiger partial charge in [0.25, 0.3) is 0 Å². The molecule has 52 valence electrons. The highest BCUT2D eigenvalue weighted by atomic mass is 15.3. The molecular formula is C8H10N2. The summed E-state index contributed by atoms with van der Waals surface area (Å²) >= 11 is 0. The largest absolute Gasteiger partial charge is 0.286 e. The maximum absolute atomic E-state index is 3.89. The van der Waals surface area contributed by atoms with Gasteiger partial charge in [-0.3, -0.25) is 5.43 Å². The molecule has 1 N–H and O–H groups in total. The van der Waals surface area contributed by atoms with Gasteiger partial charge in [0, 0.05) is 6.20 Å². The summed E-state index contributed by atoms with van der Waals surface area (Å²) < 4.78 is 0. The first-order valence-electron chi connectivity index (χ1n) is 3.18. The number of rotatable bonds is 2. The molecule has 2 nitrogen and oxygen atoms in total. The van der Waals surface area contributed by atoms with Crippen LogP contribution in [0.4, 0.5) is 0 Å². The van der Waals surface area contributed by atoms with Crippen LogP contribution in [-0.2, 0) is 0 Å². The molecule has 1 aliphatic heterocycles. The molecule has 0 bridgehead atoms. The molecule has 0 spiro atoms. The molecule has 0 saturated heterocycles. The van der Waals surface area contributed by atoms with Crippen LogP contribution in [0.1, 0.15) is 6.42 Å². The van der Waals surface area contributed by atoms with Crippen LogP contribution in [0.3, 0.4) is 0 Å². The fraction of sp³-hybridized carbons (Fsp3) is 0.125. The first-order chi connectivity index (χ1) is 4.93. The van der Waals surface area contributed by atoms with Crippen molar-refractivity contribution in [2.45, 2.75) is 6.42 Å². The average molecular weight is 134 g/mol. The van der Waals surface area contributed by atoms with Crippen LogP contribution in [0.25, 0.3) is 0 Å². The van der Waals surface area contributed by atoms with Crippen molar-refractivity contribution in [3.8, 4) is 0 Å². The van der Waals surface area contributed by atoms with Crippen molar-refractivity contribution in [2.24, 2.45) is 5.10 Å². The van der Waals surface area contributed by atoms with E-state index in [-0.39, 0.29) is 0 Å². The molecule has 0 aromatic carbocycles. The van der Waals surface area contributed by atoms with Gasteiger partial charge in [-0.15, -0.1) is 6.58 Å². The van der Waals surface area contributed by atoms with Crippen molar-refractivity contribution in [2.75, 3.05) is 0 Å². The van der Waals surface area contributed by atoms with E-state index in [1.54, 1.807) is 12.4 Å².